The molecule has 0 radical (unpaired) electrons. The third-order valence-corrected chi connectivity index (χ3v) is 7.66. The van der Waals surface area contributed by atoms with E-state index in [2.05, 4.69) is 7.05 Å². The second-order valence-corrected chi connectivity index (χ2v) is 9.76. The second-order valence-electron chi connectivity index (χ2n) is 9.76. The minimum atomic E-state index is -4.42. The van der Waals surface area contributed by atoms with E-state index in [0.717, 1.165) is 43.4 Å². The van der Waals surface area contributed by atoms with Crippen LogP contribution in [0.1, 0.15) is 36.4 Å². The first-order valence-electron chi connectivity index (χ1n) is 11.4. The zero-order valence-electron chi connectivity index (χ0n) is 17.8. The quantitative estimate of drug-likeness (QED) is 0.733. The van der Waals surface area contributed by atoms with Crippen molar-refractivity contribution in [3.05, 3.63) is 58.0 Å². The van der Waals surface area contributed by atoms with Crippen molar-refractivity contribution in [2.24, 2.45) is 5.92 Å². The Labute approximate surface area is 180 Å². The average molecular weight is 434 g/mol. The van der Waals surface area contributed by atoms with Crippen LogP contribution >= 0.6 is 0 Å². The molecule has 0 spiro atoms. The normalized spacial score (nSPS) is 30.6. The number of alkyl halides is 3. The first kappa shape index (κ1) is 20.8. The lowest BCUT2D eigenvalue weighted by atomic mass is 9.81. The molecule has 31 heavy (non-hydrogen) atoms. The maximum atomic E-state index is 13.3. The molecule has 1 aromatic carbocycles. The number of benzene rings is 1. The fraction of sp³-hybridized carbons (Fsp3) is 0.542. The molecule has 4 heterocycles. The fourth-order valence-electron chi connectivity index (χ4n) is 6.03. The van der Waals surface area contributed by atoms with Crippen molar-refractivity contribution >= 4 is 0 Å². The summed E-state index contributed by atoms with van der Waals surface area (Å²) in [6.07, 6.45) is -0.771. The third-order valence-electron chi connectivity index (χ3n) is 7.66. The van der Waals surface area contributed by atoms with Crippen LogP contribution in [-0.2, 0) is 12.7 Å². The average Bonchev–Trinajstić information content (AvgIpc) is 2.74. The number of halogens is 3. The summed E-state index contributed by atoms with van der Waals surface area (Å²) in [6.45, 7) is 5.31. The Kier molecular flexibility index (Phi) is 5.21. The minimum absolute atomic E-state index is 0.155. The number of hydrogen-bond acceptors (Lipinski definition) is 1. The summed E-state index contributed by atoms with van der Waals surface area (Å²) in [5, 5.41) is 0. The van der Waals surface area contributed by atoms with Gasteiger partial charge < -0.3 is 14.4 Å². The summed E-state index contributed by atoms with van der Waals surface area (Å²) < 4.78 is 41.3. The summed E-state index contributed by atoms with van der Waals surface area (Å²) in [6, 6.07) is 9.54. The molecule has 0 aliphatic carbocycles. The molecule has 3 atom stereocenters. The van der Waals surface area contributed by atoms with Crippen LogP contribution in [0.5, 0.6) is 0 Å². The van der Waals surface area contributed by atoms with Crippen molar-refractivity contribution in [3.63, 3.8) is 0 Å². The number of quaternary nitrogens is 2. The van der Waals surface area contributed by atoms with Gasteiger partial charge in [0.15, 0.2) is 0 Å². The van der Waals surface area contributed by atoms with Crippen LogP contribution < -0.4 is 15.4 Å². The Bertz CT molecular complexity index is 1020. The van der Waals surface area contributed by atoms with Gasteiger partial charge in [0.1, 0.15) is 0 Å². The monoisotopic (exact) mass is 433 g/mol. The van der Waals surface area contributed by atoms with E-state index in [1.54, 1.807) is 21.9 Å². The van der Waals surface area contributed by atoms with Crippen LogP contribution in [0.15, 0.2) is 41.2 Å². The zero-order chi connectivity index (χ0) is 21.8. The zero-order valence-corrected chi connectivity index (χ0v) is 17.8. The van der Waals surface area contributed by atoms with Gasteiger partial charge in [-0.1, -0.05) is 12.1 Å². The minimum Gasteiger partial charge on any atom is -0.337 e. The van der Waals surface area contributed by atoms with Gasteiger partial charge in [-0.15, -0.1) is 0 Å². The topological polar surface area (TPSA) is 30.9 Å². The number of nitrogens with zero attached hydrogens (tertiary/aromatic N) is 1. The number of piperidine rings is 2. The SMILES string of the molecule is C[NH+]1CCC([NH+]2C[C@@H]3C[C@H](C2)c2ccc(-c4cccc(C(F)(F)F)c4)c(=O)n2C3)CC1. The van der Waals surface area contributed by atoms with Crippen molar-refractivity contribution in [2.75, 3.05) is 33.2 Å². The lowest BCUT2D eigenvalue weighted by Gasteiger charge is -2.44. The smallest absolute Gasteiger partial charge is 0.337 e. The van der Waals surface area contributed by atoms with Gasteiger partial charge in [0.25, 0.3) is 5.56 Å². The molecule has 2 N–H and O–H groups in total. The third kappa shape index (κ3) is 3.94. The van der Waals surface area contributed by atoms with E-state index >= 15 is 0 Å². The lowest BCUT2D eigenvalue weighted by Crippen LogP contribution is -3.21. The van der Waals surface area contributed by atoms with Gasteiger partial charge >= 0.3 is 6.18 Å². The van der Waals surface area contributed by atoms with E-state index in [9.17, 15) is 18.0 Å². The molecule has 1 unspecified atom stereocenters. The molecule has 3 aliphatic rings. The van der Waals surface area contributed by atoms with E-state index in [4.69, 9.17) is 0 Å². The number of likely N-dealkylation sites (tertiary alicyclic amines) is 2. The van der Waals surface area contributed by atoms with Gasteiger partial charge in [0.05, 0.1) is 44.8 Å². The van der Waals surface area contributed by atoms with Gasteiger partial charge in [-0.05, 0) is 36.2 Å². The van der Waals surface area contributed by atoms with Gasteiger partial charge in [0, 0.05) is 42.5 Å². The first-order valence-corrected chi connectivity index (χ1v) is 11.4. The molecule has 3 aliphatic heterocycles. The maximum absolute atomic E-state index is 13.3. The highest BCUT2D eigenvalue weighted by Gasteiger charge is 2.41. The van der Waals surface area contributed by atoms with Gasteiger partial charge in [-0.2, -0.15) is 13.2 Å². The second kappa shape index (κ2) is 7.78. The van der Waals surface area contributed by atoms with Crippen molar-refractivity contribution in [1.82, 2.24) is 4.57 Å². The fourth-order valence-corrected chi connectivity index (χ4v) is 6.03. The van der Waals surface area contributed by atoms with Crippen molar-refractivity contribution in [3.8, 4) is 11.1 Å². The van der Waals surface area contributed by atoms with Gasteiger partial charge in [0.2, 0.25) is 0 Å². The van der Waals surface area contributed by atoms with Crippen LogP contribution in [0.2, 0.25) is 0 Å². The maximum Gasteiger partial charge on any atom is 0.416 e. The van der Waals surface area contributed by atoms with Crippen LogP contribution in [0.3, 0.4) is 0 Å². The molecule has 2 aromatic rings. The number of fused-ring (bicyclic) bond motifs is 4. The van der Waals surface area contributed by atoms with Crippen LogP contribution in [0.4, 0.5) is 13.2 Å². The largest absolute Gasteiger partial charge is 0.416 e. The van der Waals surface area contributed by atoms with Crippen molar-refractivity contribution in [2.45, 2.75) is 43.9 Å². The standard InChI is InChI=1S/C24H28F3N3O/c1-28-9-7-20(8-10-28)29-13-16-11-18(15-29)22-6-5-21(23(31)30(22)14-16)17-3-2-4-19(12-17)24(25,26)27/h2-6,12,16,18,20H,7-11,13-15H2,1H3/p+2/t16-,18+/m0/s1. The Morgan fingerprint density at radius 2 is 1.84 bits per heavy atom. The molecule has 0 amide bonds. The first-order chi connectivity index (χ1) is 14.8. The molecule has 7 heteroatoms. The van der Waals surface area contributed by atoms with Crippen molar-refractivity contribution < 1.29 is 23.0 Å². The predicted molar refractivity (Wildman–Crippen MR) is 112 cm³/mol. The summed E-state index contributed by atoms with van der Waals surface area (Å²) in [5.74, 6) is 0.820. The molecule has 5 rings (SSSR count). The lowest BCUT2D eigenvalue weighted by molar-refractivity contribution is -0.959. The number of pyridine rings is 1. The number of aromatic nitrogens is 1. The number of rotatable bonds is 2. The van der Waals surface area contributed by atoms with Gasteiger partial charge in [-0.3, -0.25) is 4.79 Å². The van der Waals surface area contributed by atoms with E-state index in [1.807, 2.05) is 10.6 Å². The summed E-state index contributed by atoms with van der Waals surface area (Å²) in [7, 11) is 2.27. The molecule has 2 fully saturated rings. The van der Waals surface area contributed by atoms with Crippen LogP contribution in [0.25, 0.3) is 11.1 Å². The van der Waals surface area contributed by atoms with E-state index in [0.29, 0.717) is 29.5 Å². The van der Waals surface area contributed by atoms with E-state index in [-0.39, 0.29) is 5.56 Å². The molecule has 1 aromatic heterocycles. The van der Waals surface area contributed by atoms with Crippen molar-refractivity contribution in [1.29, 1.82) is 0 Å². The van der Waals surface area contributed by atoms with Crippen LogP contribution in [-0.4, -0.2) is 43.8 Å². The molecule has 166 valence electrons. The Balaban J connectivity index is 1.43. The van der Waals surface area contributed by atoms with Gasteiger partial charge in [-0.25, -0.2) is 0 Å². The summed E-state index contributed by atoms with van der Waals surface area (Å²) >= 11 is 0. The van der Waals surface area contributed by atoms with E-state index < -0.39 is 11.7 Å². The highest BCUT2D eigenvalue weighted by atomic mass is 19.4. The molecule has 0 saturated carbocycles. The molecule has 2 bridgehead atoms. The molecule has 4 nitrogen and oxygen atoms in total. The molecule has 2 saturated heterocycles. The number of hydrogen-bond donors (Lipinski definition) is 2. The molecular formula is C24H30F3N3O+2. The Morgan fingerprint density at radius 3 is 2.58 bits per heavy atom. The Morgan fingerprint density at radius 1 is 1.06 bits per heavy atom. The number of nitrogens with one attached hydrogen (secondary N) is 2. The molecular weight excluding hydrogens is 403 g/mol. The predicted octanol–water partition coefficient (Wildman–Crippen LogP) is 1.21. The van der Waals surface area contributed by atoms with Crippen LogP contribution in [0, 0.1) is 5.92 Å². The van der Waals surface area contributed by atoms with E-state index in [1.165, 1.54) is 32.0 Å². The summed E-state index contributed by atoms with van der Waals surface area (Å²) in [5.41, 5.74) is 0.887. The highest BCUT2D eigenvalue weighted by molar-refractivity contribution is 5.63. The Hall–Kier alpha value is -2.12. The summed E-state index contributed by atoms with van der Waals surface area (Å²) in [4.78, 5) is 16.6. The highest BCUT2D eigenvalue weighted by Crippen LogP contribution is 2.34.